The van der Waals surface area contributed by atoms with Crippen LogP contribution < -0.4 is 0 Å². The molecule has 7 nitrogen and oxygen atoms in total. The van der Waals surface area contributed by atoms with Crippen molar-refractivity contribution in [1.82, 2.24) is 24.5 Å². The van der Waals surface area contributed by atoms with E-state index in [4.69, 9.17) is 4.52 Å². The second kappa shape index (κ2) is 7.52. The molecule has 0 aliphatic carbocycles. The van der Waals surface area contributed by atoms with Gasteiger partial charge in [-0.05, 0) is 33.8 Å². The Bertz CT molecular complexity index is 961. The Hall–Kier alpha value is -2.45. The first-order chi connectivity index (χ1) is 13.5. The molecule has 0 N–H and O–H groups in total. The van der Waals surface area contributed by atoms with E-state index in [2.05, 4.69) is 19.6 Å². The van der Waals surface area contributed by atoms with Crippen molar-refractivity contribution in [3.63, 3.8) is 0 Å². The van der Waals surface area contributed by atoms with E-state index in [0.717, 1.165) is 71.8 Å². The SMILES string of the molecule is Cc1noc(C)c1CN1CCN(C(=O)c2cc(C)n(-c3nccs3)c2C)CC1. The summed E-state index contributed by atoms with van der Waals surface area (Å²) in [5.74, 6) is 0.985. The fraction of sp³-hybridized carbons (Fsp3) is 0.450. The van der Waals surface area contributed by atoms with E-state index in [1.165, 1.54) is 0 Å². The number of rotatable bonds is 4. The lowest BCUT2D eigenvalue weighted by Crippen LogP contribution is -2.48. The number of hydrogen-bond donors (Lipinski definition) is 0. The van der Waals surface area contributed by atoms with Gasteiger partial charge in [-0.2, -0.15) is 0 Å². The molecule has 0 bridgehead atoms. The number of amides is 1. The van der Waals surface area contributed by atoms with Crippen molar-refractivity contribution in [3.05, 3.63) is 51.6 Å². The van der Waals surface area contributed by atoms with Gasteiger partial charge in [-0.15, -0.1) is 11.3 Å². The van der Waals surface area contributed by atoms with Gasteiger partial charge in [-0.1, -0.05) is 5.16 Å². The quantitative estimate of drug-likeness (QED) is 0.674. The van der Waals surface area contributed by atoms with Crippen LogP contribution in [0, 0.1) is 27.7 Å². The number of aromatic nitrogens is 3. The molecule has 4 rings (SSSR count). The van der Waals surface area contributed by atoms with Crippen molar-refractivity contribution < 1.29 is 9.32 Å². The number of thiazole rings is 1. The minimum atomic E-state index is 0.105. The zero-order valence-corrected chi connectivity index (χ0v) is 17.5. The molecule has 0 atom stereocenters. The third-order valence-electron chi connectivity index (χ3n) is 5.49. The second-order valence-corrected chi connectivity index (χ2v) is 8.18. The van der Waals surface area contributed by atoms with E-state index in [0.29, 0.717) is 0 Å². The zero-order chi connectivity index (χ0) is 19.8. The predicted molar refractivity (Wildman–Crippen MR) is 108 cm³/mol. The highest BCUT2D eigenvalue weighted by atomic mass is 32.1. The molecule has 8 heteroatoms. The highest BCUT2D eigenvalue weighted by molar-refractivity contribution is 7.12. The van der Waals surface area contributed by atoms with E-state index in [-0.39, 0.29) is 5.91 Å². The van der Waals surface area contributed by atoms with Gasteiger partial charge < -0.3 is 9.42 Å². The van der Waals surface area contributed by atoms with Crippen molar-refractivity contribution >= 4 is 17.2 Å². The molecule has 28 heavy (non-hydrogen) atoms. The van der Waals surface area contributed by atoms with Crippen molar-refractivity contribution in [2.75, 3.05) is 26.2 Å². The molecule has 0 radical (unpaired) electrons. The molecule has 1 aliphatic heterocycles. The number of carbonyl (C=O) groups excluding carboxylic acids is 1. The third kappa shape index (κ3) is 3.38. The van der Waals surface area contributed by atoms with Crippen LogP contribution >= 0.6 is 11.3 Å². The molecule has 1 amide bonds. The Balaban J connectivity index is 1.44. The van der Waals surface area contributed by atoms with E-state index in [1.54, 1.807) is 17.5 Å². The Morgan fingerprint density at radius 2 is 1.93 bits per heavy atom. The summed E-state index contributed by atoms with van der Waals surface area (Å²) < 4.78 is 7.32. The first kappa shape index (κ1) is 18.9. The van der Waals surface area contributed by atoms with Crippen LogP contribution in [0.25, 0.3) is 5.13 Å². The molecule has 1 aliphatic rings. The summed E-state index contributed by atoms with van der Waals surface area (Å²) in [6.45, 7) is 11.9. The Morgan fingerprint density at radius 1 is 1.18 bits per heavy atom. The highest BCUT2D eigenvalue weighted by Gasteiger charge is 2.26. The molecule has 1 fully saturated rings. The monoisotopic (exact) mass is 399 g/mol. The summed E-state index contributed by atoms with van der Waals surface area (Å²) in [5, 5.41) is 6.89. The number of piperazine rings is 1. The summed E-state index contributed by atoms with van der Waals surface area (Å²) in [5.41, 5.74) is 4.87. The lowest BCUT2D eigenvalue weighted by Gasteiger charge is -2.34. The van der Waals surface area contributed by atoms with Gasteiger partial charge in [0.2, 0.25) is 0 Å². The lowest BCUT2D eigenvalue weighted by atomic mass is 10.1. The normalized spacial score (nSPS) is 15.4. The number of hydrogen-bond acceptors (Lipinski definition) is 6. The third-order valence-corrected chi connectivity index (χ3v) is 6.25. The fourth-order valence-electron chi connectivity index (χ4n) is 3.83. The first-order valence-corrected chi connectivity index (χ1v) is 10.4. The number of nitrogens with zero attached hydrogens (tertiary/aromatic N) is 5. The largest absolute Gasteiger partial charge is 0.361 e. The van der Waals surface area contributed by atoms with Crippen molar-refractivity contribution in [2.45, 2.75) is 34.2 Å². The molecular weight excluding hydrogens is 374 g/mol. The summed E-state index contributed by atoms with van der Waals surface area (Å²) in [4.78, 5) is 21.8. The molecule has 4 heterocycles. The van der Waals surface area contributed by atoms with Crippen molar-refractivity contribution in [1.29, 1.82) is 0 Å². The molecule has 3 aromatic heterocycles. The minimum Gasteiger partial charge on any atom is -0.361 e. The molecule has 1 saturated heterocycles. The van der Waals surface area contributed by atoms with Gasteiger partial charge >= 0.3 is 0 Å². The molecule has 3 aromatic rings. The highest BCUT2D eigenvalue weighted by Crippen LogP contribution is 2.24. The minimum absolute atomic E-state index is 0.105. The Labute approximate surface area is 168 Å². The van der Waals surface area contributed by atoms with Crippen LogP contribution in [0.4, 0.5) is 0 Å². The first-order valence-electron chi connectivity index (χ1n) is 9.48. The molecule has 0 unspecified atom stereocenters. The smallest absolute Gasteiger partial charge is 0.255 e. The van der Waals surface area contributed by atoms with E-state index in [9.17, 15) is 4.79 Å². The summed E-state index contributed by atoms with van der Waals surface area (Å²) in [6.07, 6.45) is 1.79. The topological polar surface area (TPSA) is 67.4 Å². The van der Waals surface area contributed by atoms with E-state index >= 15 is 0 Å². The van der Waals surface area contributed by atoms with Crippen LogP contribution in [0.1, 0.15) is 38.8 Å². The van der Waals surface area contributed by atoms with Gasteiger partial charge in [0, 0.05) is 61.3 Å². The van der Waals surface area contributed by atoms with Crippen LogP contribution in [0.3, 0.4) is 0 Å². The molecule has 0 spiro atoms. The van der Waals surface area contributed by atoms with Crippen molar-refractivity contribution in [2.24, 2.45) is 0 Å². The van der Waals surface area contributed by atoms with Gasteiger partial charge in [0.15, 0.2) is 5.13 Å². The van der Waals surface area contributed by atoms with Crippen LogP contribution in [-0.4, -0.2) is 56.6 Å². The maximum atomic E-state index is 13.1. The van der Waals surface area contributed by atoms with Gasteiger partial charge in [0.05, 0.1) is 11.3 Å². The zero-order valence-electron chi connectivity index (χ0n) is 16.7. The standard InChI is InChI=1S/C20H25N5O2S/c1-13-11-17(15(3)25(13)20-21-5-10-28-20)19(26)24-8-6-23(7-9-24)12-18-14(2)22-27-16(18)4/h5,10-11H,6-9,12H2,1-4H3. The van der Waals surface area contributed by atoms with Gasteiger partial charge in [-0.3, -0.25) is 14.3 Å². The Kier molecular flexibility index (Phi) is 5.07. The maximum Gasteiger partial charge on any atom is 0.255 e. The summed E-state index contributed by atoms with van der Waals surface area (Å²) in [7, 11) is 0. The summed E-state index contributed by atoms with van der Waals surface area (Å²) in [6, 6.07) is 1.98. The van der Waals surface area contributed by atoms with Crippen LogP contribution in [0.5, 0.6) is 0 Å². The molecule has 0 saturated carbocycles. The van der Waals surface area contributed by atoms with Crippen LogP contribution in [0.2, 0.25) is 0 Å². The Morgan fingerprint density at radius 3 is 2.54 bits per heavy atom. The second-order valence-electron chi connectivity index (χ2n) is 7.31. The van der Waals surface area contributed by atoms with Gasteiger partial charge in [-0.25, -0.2) is 4.98 Å². The van der Waals surface area contributed by atoms with Crippen LogP contribution in [-0.2, 0) is 6.54 Å². The van der Waals surface area contributed by atoms with Crippen molar-refractivity contribution in [3.8, 4) is 5.13 Å². The summed E-state index contributed by atoms with van der Waals surface area (Å²) >= 11 is 1.58. The fourth-order valence-corrected chi connectivity index (χ4v) is 4.58. The average molecular weight is 400 g/mol. The van der Waals surface area contributed by atoms with E-state index in [1.807, 2.05) is 44.0 Å². The average Bonchev–Trinajstić information content (AvgIpc) is 3.38. The predicted octanol–water partition coefficient (Wildman–Crippen LogP) is 3.11. The lowest BCUT2D eigenvalue weighted by molar-refractivity contribution is 0.0627. The maximum absolute atomic E-state index is 13.1. The number of carbonyl (C=O) groups is 1. The number of aryl methyl sites for hydroxylation is 3. The van der Waals surface area contributed by atoms with Gasteiger partial charge in [0.1, 0.15) is 5.76 Å². The molecule has 0 aromatic carbocycles. The molecule has 148 valence electrons. The van der Waals surface area contributed by atoms with Gasteiger partial charge in [0.25, 0.3) is 5.91 Å². The van der Waals surface area contributed by atoms with E-state index < -0.39 is 0 Å². The van der Waals surface area contributed by atoms with Crippen LogP contribution in [0.15, 0.2) is 22.2 Å². The molecular formula is C20H25N5O2S.